The highest BCUT2D eigenvalue weighted by atomic mass is 16.3. The fourth-order valence-electron chi connectivity index (χ4n) is 5.77. The van der Waals surface area contributed by atoms with Gasteiger partial charge in [0.2, 0.25) is 0 Å². The molecule has 3 N–H and O–H groups in total. The largest absolute Gasteiger partial charge is 0.390 e. The molecule has 4 unspecified atom stereocenters. The molecule has 0 spiro atoms. The normalized spacial score (nSPS) is 32.2. The van der Waals surface area contributed by atoms with Crippen molar-refractivity contribution in [2.24, 2.45) is 62.3 Å². The van der Waals surface area contributed by atoms with E-state index in [1.54, 1.807) is 0 Å². The summed E-state index contributed by atoms with van der Waals surface area (Å²) in [7, 11) is 0. The lowest BCUT2D eigenvalue weighted by Crippen LogP contribution is -2.37. The van der Waals surface area contributed by atoms with Crippen molar-refractivity contribution in [3.8, 4) is 0 Å². The molecule has 3 aliphatic rings. The van der Waals surface area contributed by atoms with Crippen molar-refractivity contribution in [2.45, 2.75) is 147 Å². The van der Waals surface area contributed by atoms with Gasteiger partial charge in [0.1, 0.15) is 12.2 Å². The highest BCUT2D eigenvalue weighted by molar-refractivity contribution is 5.93. The van der Waals surface area contributed by atoms with Crippen molar-refractivity contribution >= 4 is 17.1 Å². The molecule has 8 atom stereocenters. The average molecular weight is 552 g/mol. The van der Waals surface area contributed by atoms with E-state index in [4.69, 9.17) is 4.99 Å². The lowest BCUT2D eigenvalue weighted by molar-refractivity contribution is 0.0439. The maximum Gasteiger partial charge on any atom is 0.120 e. The highest BCUT2D eigenvalue weighted by Crippen LogP contribution is 2.29. The minimum Gasteiger partial charge on any atom is -0.390 e. The lowest BCUT2D eigenvalue weighted by Gasteiger charge is -2.19. The number of hydrogen-bond acceptors (Lipinski definition) is 6. The zero-order valence-corrected chi connectivity index (χ0v) is 27.0. The standard InChI is InChI=1S/C11H21NO.C11H21N.C10H19NO2.CH4/c1-6(2)9-8(5)11(13)10(12-9)7(3)4;1-7(2)10-6-9(5)11(12-10)8(3)4;1-5(2)7-9(12)10(13)8(11-7)6(3)4;/h6-8,10-11,13H,1-5H3;7-10H,6H2,1-5H3;5-7,9-10,12-13H,1-4H3;1H4/t8-,10?,11+;;7?,9-,10+;/m0.1./s1. The molecular formula is C33H65N3O3. The zero-order chi connectivity index (χ0) is 29.6. The molecule has 6 heteroatoms. The van der Waals surface area contributed by atoms with Gasteiger partial charge in [0.15, 0.2) is 0 Å². The van der Waals surface area contributed by atoms with Gasteiger partial charge in [-0.25, -0.2) is 0 Å². The van der Waals surface area contributed by atoms with Crippen LogP contribution in [0.3, 0.4) is 0 Å². The SMILES string of the molecule is C.CC(C)C1=NC(C(C)C)CC1C.CC(C)C1=NC(C(C)C)[C@@H](O)[C@H]1O.CC(C)C1=NC(C(C)C)[C@H](O)[C@H]1C. The Bertz CT molecular complexity index is 767. The van der Waals surface area contributed by atoms with Crippen LogP contribution in [-0.2, 0) is 0 Å². The molecule has 230 valence electrons. The van der Waals surface area contributed by atoms with Crippen LogP contribution in [0, 0.1) is 47.3 Å². The first-order valence-electron chi connectivity index (χ1n) is 15.2. The van der Waals surface area contributed by atoms with E-state index in [0.29, 0.717) is 29.7 Å². The zero-order valence-electron chi connectivity index (χ0n) is 27.0. The van der Waals surface area contributed by atoms with Crippen molar-refractivity contribution in [3.05, 3.63) is 0 Å². The number of aliphatic imine (C=N–C) groups is 3. The van der Waals surface area contributed by atoms with Crippen molar-refractivity contribution in [1.82, 2.24) is 0 Å². The molecule has 0 saturated carbocycles. The number of nitrogens with zero attached hydrogens (tertiary/aromatic N) is 3. The predicted molar refractivity (Wildman–Crippen MR) is 170 cm³/mol. The second kappa shape index (κ2) is 16.4. The molecule has 39 heavy (non-hydrogen) atoms. The van der Waals surface area contributed by atoms with Crippen LogP contribution in [0.25, 0.3) is 0 Å². The molecule has 0 saturated heterocycles. The number of hydrogen-bond donors (Lipinski definition) is 3. The Kier molecular flexibility index (Phi) is 15.9. The summed E-state index contributed by atoms with van der Waals surface area (Å²) < 4.78 is 0. The first kappa shape index (κ1) is 37.9. The molecule has 0 aromatic carbocycles. The van der Waals surface area contributed by atoms with E-state index in [2.05, 4.69) is 79.2 Å². The van der Waals surface area contributed by atoms with Crippen molar-refractivity contribution in [1.29, 1.82) is 0 Å². The van der Waals surface area contributed by atoms with Crippen LogP contribution < -0.4 is 0 Å². The Morgan fingerprint density at radius 2 is 0.974 bits per heavy atom. The quantitative estimate of drug-likeness (QED) is 0.341. The molecule has 3 rings (SSSR count). The predicted octanol–water partition coefficient (Wildman–Crippen LogP) is 6.75. The molecule has 0 fully saturated rings. The Morgan fingerprint density at radius 1 is 0.564 bits per heavy atom. The molecule has 0 bridgehead atoms. The van der Waals surface area contributed by atoms with Gasteiger partial charge in [-0.15, -0.1) is 0 Å². The van der Waals surface area contributed by atoms with Crippen molar-refractivity contribution < 1.29 is 15.3 Å². The lowest BCUT2D eigenvalue weighted by atomic mass is 9.89. The highest BCUT2D eigenvalue weighted by Gasteiger charge is 2.39. The van der Waals surface area contributed by atoms with Crippen LogP contribution in [0.2, 0.25) is 0 Å². The number of aliphatic hydroxyl groups is 3. The van der Waals surface area contributed by atoms with E-state index in [1.165, 1.54) is 17.8 Å². The van der Waals surface area contributed by atoms with Crippen molar-refractivity contribution in [3.63, 3.8) is 0 Å². The van der Waals surface area contributed by atoms with Crippen LogP contribution in [-0.4, -0.2) is 68.9 Å². The minimum absolute atomic E-state index is 0. The second-order valence-electron chi connectivity index (χ2n) is 13.8. The van der Waals surface area contributed by atoms with E-state index in [9.17, 15) is 15.3 Å². The number of rotatable bonds is 6. The summed E-state index contributed by atoms with van der Waals surface area (Å²) in [6.07, 6.45) is -0.465. The summed E-state index contributed by atoms with van der Waals surface area (Å²) in [5, 5.41) is 29.3. The van der Waals surface area contributed by atoms with Crippen LogP contribution in [0.4, 0.5) is 0 Å². The topological polar surface area (TPSA) is 97.8 Å². The summed E-state index contributed by atoms with van der Waals surface area (Å²) in [6, 6.07) is 0.581. The van der Waals surface area contributed by atoms with Gasteiger partial charge in [-0.2, -0.15) is 0 Å². The summed E-state index contributed by atoms with van der Waals surface area (Å²) >= 11 is 0. The molecule has 3 aliphatic heterocycles. The van der Waals surface area contributed by atoms with Gasteiger partial charge >= 0.3 is 0 Å². The Hall–Kier alpha value is -1.11. The smallest absolute Gasteiger partial charge is 0.120 e. The molecule has 0 amide bonds. The van der Waals surface area contributed by atoms with Gasteiger partial charge in [0.05, 0.1) is 24.2 Å². The van der Waals surface area contributed by atoms with Gasteiger partial charge in [-0.05, 0) is 47.8 Å². The second-order valence-corrected chi connectivity index (χ2v) is 13.8. The van der Waals surface area contributed by atoms with Crippen molar-refractivity contribution in [2.75, 3.05) is 0 Å². The Balaban J connectivity index is 0.000000549. The van der Waals surface area contributed by atoms with Crippen LogP contribution in [0.5, 0.6) is 0 Å². The summed E-state index contributed by atoms with van der Waals surface area (Å²) in [5.74, 6) is 3.72. The van der Waals surface area contributed by atoms with Gasteiger partial charge in [0.25, 0.3) is 0 Å². The maximum absolute atomic E-state index is 9.93. The molecular weight excluding hydrogens is 486 g/mol. The van der Waals surface area contributed by atoms with E-state index in [1.807, 2.05) is 27.7 Å². The van der Waals surface area contributed by atoms with Crippen LogP contribution >= 0.6 is 0 Å². The third-order valence-corrected chi connectivity index (χ3v) is 8.23. The van der Waals surface area contributed by atoms with Gasteiger partial charge < -0.3 is 15.3 Å². The third kappa shape index (κ3) is 10.0. The third-order valence-electron chi connectivity index (χ3n) is 8.23. The molecule has 6 nitrogen and oxygen atoms in total. The van der Waals surface area contributed by atoms with Crippen LogP contribution in [0.15, 0.2) is 15.0 Å². The Morgan fingerprint density at radius 3 is 1.21 bits per heavy atom. The molecule has 0 aromatic rings. The van der Waals surface area contributed by atoms with E-state index in [-0.39, 0.29) is 43.4 Å². The Labute approximate surface area is 241 Å². The van der Waals surface area contributed by atoms with E-state index < -0.39 is 12.2 Å². The fourth-order valence-corrected chi connectivity index (χ4v) is 5.77. The average Bonchev–Trinajstić information content (AvgIpc) is 3.44. The summed E-state index contributed by atoms with van der Waals surface area (Å²) in [6.45, 7) is 29.9. The fraction of sp³-hybridized carbons (Fsp3) is 0.909. The molecule has 0 aliphatic carbocycles. The number of aliphatic hydroxyl groups excluding tert-OH is 3. The monoisotopic (exact) mass is 552 g/mol. The van der Waals surface area contributed by atoms with E-state index in [0.717, 1.165) is 11.6 Å². The summed E-state index contributed by atoms with van der Waals surface area (Å²) in [4.78, 5) is 13.8. The van der Waals surface area contributed by atoms with Crippen LogP contribution in [0.1, 0.15) is 111 Å². The minimum atomic E-state index is -0.757. The molecule has 0 radical (unpaired) electrons. The van der Waals surface area contributed by atoms with Gasteiger partial charge in [-0.1, -0.05) is 104 Å². The van der Waals surface area contributed by atoms with Gasteiger partial charge in [0, 0.05) is 23.1 Å². The van der Waals surface area contributed by atoms with E-state index >= 15 is 0 Å². The first-order chi connectivity index (χ1) is 17.4. The summed E-state index contributed by atoms with van der Waals surface area (Å²) in [5.41, 5.74) is 3.37. The maximum atomic E-state index is 9.93. The van der Waals surface area contributed by atoms with Gasteiger partial charge in [-0.3, -0.25) is 15.0 Å². The first-order valence-corrected chi connectivity index (χ1v) is 15.2. The molecule has 3 heterocycles. The molecule has 0 aromatic heterocycles.